The van der Waals surface area contributed by atoms with Crippen LogP contribution in [0.5, 0.6) is 17.2 Å². The lowest BCUT2D eigenvalue weighted by molar-refractivity contribution is -0.116. The van der Waals surface area contributed by atoms with E-state index >= 15 is 0 Å². The van der Waals surface area contributed by atoms with Gasteiger partial charge < -0.3 is 24.8 Å². The second-order valence-corrected chi connectivity index (χ2v) is 6.97. The Morgan fingerprint density at radius 2 is 1.79 bits per heavy atom. The average Bonchev–Trinajstić information content (AvgIpc) is 2.71. The van der Waals surface area contributed by atoms with Crippen LogP contribution in [0.3, 0.4) is 0 Å². The van der Waals surface area contributed by atoms with Crippen LogP contribution in [0.15, 0.2) is 40.9 Å². The van der Waals surface area contributed by atoms with Crippen LogP contribution in [-0.4, -0.2) is 38.7 Å². The summed E-state index contributed by atoms with van der Waals surface area (Å²) in [6, 6.07) is 10.4. The first-order valence-corrected chi connectivity index (χ1v) is 9.67. The molecule has 1 heterocycles. The van der Waals surface area contributed by atoms with Crippen LogP contribution in [0, 0.1) is 0 Å². The monoisotopic (exact) mass is 448 g/mol. The van der Waals surface area contributed by atoms with Crippen LogP contribution in [0.4, 0.5) is 5.69 Å². The Morgan fingerprint density at radius 1 is 1.11 bits per heavy atom. The van der Waals surface area contributed by atoms with Crippen molar-refractivity contribution >= 4 is 33.4 Å². The fraction of sp³-hybridized carbons (Fsp3) is 0.300. The highest BCUT2D eigenvalue weighted by Gasteiger charge is 2.16. The maximum atomic E-state index is 12.2. The molecule has 1 aliphatic heterocycles. The number of rotatable bonds is 7. The lowest BCUT2D eigenvalue weighted by atomic mass is 10.2. The topological polar surface area (TPSA) is 85.9 Å². The maximum absolute atomic E-state index is 12.2. The van der Waals surface area contributed by atoms with Crippen molar-refractivity contribution in [3.63, 3.8) is 0 Å². The third-order valence-electron chi connectivity index (χ3n) is 4.12. The Morgan fingerprint density at radius 3 is 2.46 bits per heavy atom. The summed E-state index contributed by atoms with van der Waals surface area (Å²) in [6.07, 6.45) is 0.805. The molecule has 0 radical (unpaired) electrons. The Labute approximate surface area is 171 Å². The zero-order valence-corrected chi connectivity index (χ0v) is 17.0. The van der Waals surface area contributed by atoms with Gasteiger partial charge in [0, 0.05) is 35.1 Å². The molecule has 2 N–H and O–H groups in total. The van der Waals surface area contributed by atoms with Crippen molar-refractivity contribution in [2.75, 3.05) is 32.2 Å². The number of anilines is 1. The van der Waals surface area contributed by atoms with Crippen molar-refractivity contribution in [1.29, 1.82) is 0 Å². The quantitative estimate of drug-likeness (QED) is 0.634. The van der Waals surface area contributed by atoms with E-state index in [0.717, 1.165) is 4.47 Å². The third-order valence-corrected chi connectivity index (χ3v) is 4.78. The number of amides is 2. The number of hydrogen-bond donors (Lipinski definition) is 2. The smallest absolute Gasteiger partial charge is 0.251 e. The molecule has 0 aromatic heterocycles. The van der Waals surface area contributed by atoms with Gasteiger partial charge in [-0.25, -0.2) is 0 Å². The van der Waals surface area contributed by atoms with E-state index in [1.54, 1.807) is 43.5 Å². The highest BCUT2D eigenvalue weighted by molar-refractivity contribution is 9.10. The number of carbonyl (C=O) groups excluding carboxylic acids is 2. The largest absolute Gasteiger partial charge is 0.497 e. The van der Waals surface area contributed by atoms with Gasteiger partial charge in [-0.05, 0) is 46.6 Å². The number of carbonyl (C=O) groups is 2. The molecule has 148 valence electrons. The van der Waals surface area contributed by atoms with Crippen molar-refractivity contribution in [1.82, 2.24) is 5.32 Å². The molecular weight excluding hydrogens is 428 g/mol. The molecule has 28 heavy (non-hydrogen) atoms. The SMILES string of the molecule is COc1ccc(C(=O)NCCCC(=O)Nc2cc3c(cc2Br)OCCO3)cc1. The zero-order valence-electron chi connectivity index (χ0n) is 15.4. The van der Waals surface area contributed by atoms with Gasteiger partial charge in [-0.2, -0.15) is 0 Å². The summed E-state index contributed by atoms with van der Waals surface area (Å²) in [5, 5.41) is 5.65. The Kier molecular flexibility index (Phi) is 6.76. The van der Waals surface area contributed by atoms with E-state index in [4.69, 9.17) is 14.2 Å². The van der Waals surface area contributed by atoms with Crippen LogP contribution in [-0.2, 0) is 4.79 Å². The lowest BCUT2D eigenvalue weighted by Crippen LogP contribution is -2.25. The molecule has 2 amide bonds. The Bertz CT molecular complexity index is 854. The van der Waals surface area contributed by atoms with Crippen LogP contribution in [0.2, 0.25) is 0 Å². The van der Waals surface area contributed by atoms with E-state index in [9.17, 15) is 9.59 Å². The highest BCUT2D eigenvalue weighted by atomic mass is 79.9. The van der Waals surface area contributed by atoms with Gasteiger partial charge in [-0.15, -0.1) is 0 Å². The van der Waals surface area contributed by atoms with Gasteiger partial charge in [0.05, 0.1) is 12.8 Å². The molecule has 3 rings (SSSR count). The molecular formula is C20H21BrN2O5. The number of fused-ring (bicyclic) bond motifs is 1. The third kappa shape index (κ3) is 5.16. The van der Waals surface area contributed by atoms with E-state index in [1.165, 1.54) is 0 Å². The van der Waals surface area contributed by atoms with Crippen molar-refractivity contribution < 1.29 is 23.8 Å². The van der Waals surface area contributed by atoms with Gasteiger partial charge in [-0.1, -0.05) is 0 Å². The second-order valence-electron chi connectivity index (χ2n) is 6.11. The Balaban J connectivity index is 1.44. The van der Waals surface area contributed by atoms with Crippen molar-refractivity contribution in [3.05, 3.63) is 46.4 Å². The van der Waals surface area contributed by atoms with E-state index in [-0.39, 0.29) is 18.2 Å². The molecule has 0 spiro atoms. The molecule has 0 bridgehead atoms. The predicted octanol–water partition coefficient (Wildman–Crippen LogP) is 3.38. The van der Waals surface area contributed by atoms with Gasteiger partial charge >= 0.3 is 0 Å². The van der Waals surface area contributed by atoms with Crippen LogP contribution >= 0.6 is 15.9 Å². The van der Waals surface area contributed by atoms with Gasteiger partial charge in [0.25, 0.3) is 5.91 Å². The van der Waals surface area contributed by atoms with Crippen molar-refractivity contribution in [3.8, 4) is 17.2 Å². The summed E-state index contributed by atoms with van der Waals surface area (Å²) in [6.45, 7) is 1.39. The van der Waals surface area contributed by atoms with Gasteiger partial charge in [0.1, 0.15) is 19.0 Å². The highest BCUT2D eigenvalue weighted by Crippen LogP contribution is 2.38. The first-order valence-electron chi connectivity index (χ1n) is 8.88. The molecule has 2 aromatic carbocycles. The number of nitrogens with one attached hydrogen (secondary N) is 2. The summed E-state index contributed by atoms with van der Waals surface area (Å²) >= 11 is 3.42. The van der Waals surface area contributed by atoms with E-state index in [1.807, 2.05) is 0 Å². The normalized spacial score (nSPS) is 12.2. The number of benzene rings is 2. The van der Waals surface area contributed by atoms with Crippen LogP contribution in [0.1, 0.15) is 23.2 Å². The predicted molar refractivity (Wildman–Crippen MR) is 108 cm³/mol. The molecule has 7 nitrogen and oxygen atoms in total. The fourth-order valence-electron chi connectivity index (χ4n) is 2.67. The molecule has 0 aliphatic carbocycles. The fourth-order valence-corrected chi connectivity index (χ4v) is 3.09. The molecule has 0 atom stereocenters. The van der Waals surface area contributed by atoms with Crippen molar-refractivity contribution in [2.24, 2.45) is 0 Å². The van der Waals surface area contributed by atoms with Crippen LogP contribution in [0.25, 0.3) is 0 Å². The van der Waals surface area contributed by atoms with Crippen molar-refractivity contribution in [2.45, 2.75) is 12.8 Å². The molecule has 0 fully saturated rings. The number of hydrogen-bond acceptors (Lipinski definition) is 5. The summed E-state index contributed by atoms with van der Waals surface area (Å²) < 4.78 is 16.8. The first kappa shape index (κ1) is 20.0. The second kappa shape index (κ2) is 9.45. The van der Waals surface area contributed by atoms with E-state index in [0.29, 0.717) is 54.7 Å². The minimum absolute atomic E-state index is 0.143. The zero-order chi connectivity index (χ0) is 19.9. The van der Waals surface area contributed by atoms with E-state index in [2.05, 4.69) is 26.6 Å². The molecule has 0 unspecified atom stereocenters. The minimum atomic E-state index is -0.183. The molecule has 8 heteroatoms. The van der Waals surface area contributed by atoms with Gasteiger partial charge in [0.2, 0.25) is 5.91 Å². The average molecular weight is 449 g/mol. The summed E-state index contributed by atoms with van der Waals surface area (Å²) in [7, 11) is 1.57. The summed E-state index contributed by atoms with van der Waals surface area (Å²) in [5.41, 5.74) is 1.17. The lowest BCUT2D eigenvalue weighted by Gasteiger charge is -2.20. The van der Waals surface area contributed by atoms with Gasteiger partial charge in [-0.3, -0.25) is 9.59 Å². The standard InChI is InChI=1S/C20H21BrN2O5/c1-26-14-6-4-13(5-7-14)20(25)22-8-2-3-19(24)23-16-12-18-17(11-15(16)21)27-9-10-28-18/h4-7,11-12H,2-3,8-10H2,1H3,(H,22,25)(H,23,24). The molecule has 0 saturated heterocycles. The maximum Gasteiger partial charge on any atom is 0.251 e. The molecule has 2 aromatic rings. The number of ether oxygens (including phenoxy) is 3. The summed E-state index contributed by atoms with van der Waals surface area (Å²) in [5.74, 6) is 1.63. The minimum Gasteiger partial charge on any atom is -0.497 e. The van der Waals surface area contributed by atoms with Crippen LogP contribution < -0.4 is 24.8 Å². The number of methoxy groups -OCH3 is 1. The Hall–Kier alpha value is -2.74. The molecule has 0 saturated carbocycles. The van der Waals surface area contributed by atoms with Gasteiger partial charge in [0.15, 0.2) is 11.5 Å². The number of halogens is 1. The van der Waals surface area contributed by atoms with E-state index < -0.39 is 0 Å². The first-order chi connectivity index (χ1) is 13.6. The summed E-state index contributed by atoms with van der Waals surface area (Å²) in [4.78, 5) is 24.3. The molecule has 1 aliphatic rings.